The standard InChI is InChI=1S/C18H13F3N2O3/c1-25-16-5-3-2-4-12(16)14-8-7-13(22-23-14)11-6-9-15(24)17(10-11)26-18(19,20)21/h2-10,24H,1H3. The van der Waals surface area contributed by atoms with Gasteiger partial charge in [-0.1, -0.05) is 12.1 Å². The van der Waals surface area contributed by atoms with Gasteiger partial charge in [-0.05, 0) is 42.5 Å². The Kier molecular flexibility index (Phi) is 4.66. The van der Waals surface area contributed by atoms with Crippen LogP contribution >= 0.6 is 0 Å². The van der Waals surface area contributed by atoms with Gasteiger partial charge in [-0.2, -0.15) is 0 Å². The van der Waals surface area contributed by atoms with Crippen molar-refractivity contribution in [3.8, 4) is 39.8 Å². The summed E-state index contributed by atoms with van der Waals surface area (Å²) in [7, 11) is 1.54. The van der Waals surface area contributed by atoms with E-state index in [2.05, 4.69) is 14.9 Å². The number of nitrogens with zero attached hydrogens (tertiary/aromatic N) is 2. The number of phenolic OH excluding ortho intramolecular Hbond substituents is 1. The van der Waals surface area contributed by atoms with Crippen LogP contribution in [0.5, 0.6) is 17.2 Å². The summed E-state index contributed by atoms with van der Waals surface area (Å²) in [5.74, 6) is -0.699. The summed E-state index contributed by atoms with van der Waals surface area (Å²) in [6.45, 7) is 0. The van der Waals surface area contributed by atoms with Crippen molar-refractivity contribution in [3.05, 3.63) is 54.6 Å². The minimum absolute atomic E-state index is 0.320. The quantitative estimate of drug-likeness (QED) is 0.744. The van der Waals surface area contributed by atoms with Crippen molar-refractivity contribution in [2.24, 2.45) is 0 Å². The first-order valence-corrected chi connectivity index (χ1v) is 7.43. The van der Waals surface area contributed by atoms with Gasteiger partial charge in [-0.15, -0.1) is 23.4 Å². The molecule has 1 N–H and O–H groups in total. The van der Waals surface area contributed by atoms with Gasteiger partial charge in [-0.25, -0.2) is 0 Å². The molecule has 0 bridgehead atoms. The molecular formula is C18H13F3N2O3. The van der Waals surface area contributed by atoms with Crippen molar-refractivity contribution in [1.82, 2.24) is 10.2 Å². The molecule has 1 aromatic heterocycles. The predicted molar refractivity (Wildman–Crippen MR) is 87.8 cm³/mol. The molecule has 0 aliphatic heterocycles. The zero-order valence-corrected chi connectivity index (χ0v) is 13.5. The van der Waals surface area contributed by atoms with E-state index in [1.54, 1.807) is 25.3 Å². The molecule has 3 rings (SSSR count). The van der Waals surface area contributed by atoms with E-state index in [0.29, 0.717) is 22.7 Å². The van der Waals surface area contributed by atoms with Gasteiger partial charge < -0.3 is 14.6 Å². The maximum Gasteiger partial charge on any atom is 0.573 e. The molecule has 2 aromatic carbocycles. The number of phenols is 1. The van der Waals surface area contributed by atoms with Crippen LogP contribution in [0.1, 0.15) is 0 Å². The van der Waals surface area contributed by atoms with Gasteiger partial charge in [0.1, 0.15) is 5.75 Å². The first-order valence-electron chi connectivity index (χ1n) is 7.43. The summed E-state index contributed by atoms with van der Waals surface area (Å²) in [6, 6.07) is 14.1. The molecule has 3 aromatic rings. The molecule has 134 valence electrons. The summed E-state index contributed by atoms with van der Waals surface area (Å²) in [4.78, 5) is 0. The highest BCUT2D eigenvalue weighted by Gasteiger charge is 2.32. The fraction of sp³-hybridized carbons (Fsp3) is 0.111. The Hall–Kier alpha value is -3.29. The van der Waals surface area contributed by atoms with Gasteiger partial charge in [0.15, 0.2) is 11.5 Å². The van der Waals surface area contributed by atoms with Gasteiger partial charge in [0.05, 0.1) is 18.5 Å². The summed E-state index contributed by atoms with van der Waals surface area (Å²) >= 11 is 0. The third kappa shape index (κ3) is 3.85. The predicted octanol–water partition coefficient (Wildman–Crippen LogP) is 4.42. The molecule has 26 heavy (non-hydrogen) atoms. The Morgan fingerprint density at radius 2 is 1.58 bits per heavy atom. The van der Waals surface area contributed by atoms with Crippen molar-refractivity contribution < 1.29 is 27.8 Å². The lowest BCUT2D eigenvalue weighted by atomic mass is 10.1. The van der Waals surface area contributed by atoms with Crippen LogP contribution in [0.15, 0.2) is 54.6 Å². The molecule has 0 aliphatic rings. The van der Waals surface area contributed by atoms with Crippen molar-refractivity contribution in [3.63, 3.8) is 0 Å². The number of hydrogen-bond donors (Lipinski definition) is 1. The molecule has 0 saturated heterocycles. The number of alkyl halides is 3. The maximum absolute atomic E-state index is 12.4. The lowest BCUT2D eigenvalue weighted by Gasteiger charge is -2.11. The van der Waals surface area contributed by atoms with Gasteiger partial charge in [0.25, 0.3) is 0 Å². The number of ether oxygens (including phenoxy) is 2. The highest BCUT2D eigenvalue weighted by atomic mass is 19.4. The van der Waals surface area contributed by atoms with Crippen molar-refractivity contribution in [2.75, 3.05) is 7.11 Å². The Morgan fingerprint density at radius 1 is 0.885 bits per heavy atom. The number of rotatable bonds is 4. The number of aromatic hydroxyl groups is 1. The lowest BCUT2D eigenvalue weighted by Crippen LogP contribution is -2.17. The number of halogens is 3. The lowest BCUT2D eigenvalue weighted by molar-refractivity contribution is -0.275. The van der Waals surface area contributed by atoms with E-state index in [0.717, 1.165) is 17.7 Å². The van der Waals surface area contributed by atoms with E-state index in [9.17, 15) is 18.3 Å². The number of hydrogen-bond acceptors (Lipinski definition) is 5. The van der Waals surface area contributed by atoms with Crippen LogP contribution in [0.2, 0.25) is 0 Å². The molecule has 0 saturated carbocycles. The van der Waals surface area contributed by atoms with Gasteiger partial charge in [0.2, 0.25) is 0 Å². The normalized spacial score (nSPS) is 11.2. The zero-order valence-electron chi connectivity index (χ0n) is 13.5. The number of methoxy groups -OCH3 is 1. The van der Waals surface area contributed by atoms with E-state index in [-0.39, 0.29) is 0 Å². The average Bonchev–Trinajstić information content (AvgIpc) is 2.62. The van der Waals surface area contributed by atoms with Crippen LogP contribution in [0, 0.1) is 0 Å². The molecule has 8 heteroatoms. The van der Waals surface area contributed by atoms with Gasteiger partial charge >= 0.3 is 6.36 Å². The van der Waals surface area contributed by atoms with Crippen LogP contribution in [0.25, 0.3) is 22.5 Å². The van der Waals surface area contributed by atoms with E-state index in [1.807, 2.05) is 18.2 Å². The van der Waals surface area contributed by atoms with Crippen LogP contribution in [-0.2, 0) is 0 Å². The topological polar surface area (TPSA) is 64.5 Å². The van der Waals surface area contributed by atoms with E-state index in [4.69, 9.17) is 4.74 Å². The highest BCUT2D eigenvalue weighted by Crippen LogP contribution is 2.35. The minimum atomic E-state index is -4.91. The molecule has 0 radical (unpaired) electrons. The third-order valence-electron chi connectivity index (χ3n) is 3.53. The first kappa shape index (κ1) is 17.5. The van der Waals surface area contributed by atoms with Crippen molar-refractivity contribution in [1.29, 1.82) is 0 Å². The summed E-state index contributed by atoms with van der Waals surface area (Å²) in [5.41, 5.74) is 1.94. The summed E-state index contributed by atoms with van der Waals surface area (Å²) in [6.07, 6.45) is -4.91. The minimum Gasteiger partial charge on any atom is -0.504 e. The number of benzene rings is 2. The molecule has 0 amide bonds. The Balaban J connectivity index is 1.93. The van der Waals surface area contributed by atoms with Crippen molar-refractivity contribution in [2.45, 2.75) is 6.36 Å². The second-order valence-electron chi connectivity index (χ2n) is 5.23. The first-order chi connectivity index (χ1) is 12.4. The SMILES string of the molecule is COc1ccccc1-c1ccc(-c2ccc(O)c(OC(F)(F)F)c2)nn1. The Morgan fingerprint density at radius 3 is 2.23 bits per heavy atom. The molecule has 0 spiro atoms. The van der Waals surface area contributed by atoms with E-state index in [1.165, 1.54) is 6.07 Å². The Bertz CT molecular complexity index is 912. The largest absolute Gasteiger partial charge is 0.573 e. The molecule has 5 nitrogen and oxygen atoms in total. The Labute approximate surface area is 146 Å². The van der Waals surface area contributed by atoms with Crippen molar-refractivity contribution >= 4 is 0 Å². The van der Waals surface area contributed by atoms with Crippen LogP contribution in [0.3, 0.4) is 0 Å². The average molecular weight is 362 g/mol. The van der Waals surface area contributed by atoms with Crippen LogP contribution in [-0.4, -0.2) is 28.8 Å². The fourth-order valence-electron chi connectivity index (χ4n) is 2.37. The summed E-state index contributed by atoms with van der Waals surface area (Å²) in [5, 5.41) is 17.7. The van der Waals surface area contributed by atoms with E-state index < -0.39 is 17.9 Å². The second kappa shape index (κ2) is 6.91. The molecule has 0 aliphatic carbocycles. The highest BCUT2D eigenvalue weighted by molar-refractivity contribution is 5.69. The molecule has 1 heterocycles. The second-order valence-corrected chi connectivity index (χ2v) is 5.23. The maximum atomic E-state index is 12.4. The monoisotopic (exact) mass is 362 g/mol. The molecule has 0 atom stereocenters. The van der Waals surface area contributed by atoms with E-state index >= 15 is 0 Å². The zero-order chi connectivity index (χ0) is 18.7. The van der Waals surface area contributed by atoms with Crippen LogP contribution < -0.4 is 9.47 Å². The smallest absolute Gasteiger partial charge is 0.504 e. The third-order valence-corrected chi connectivity index (χ3v) is 3.53. The molecule has 0 unspecified atom stereocenters. The molecular weight excluding hydrogens is 349 g/mol. The molecule has 0 fully saturated rings. The fourth-order valence-corrected chi connectivity index (χ4v) is 2.37. The number of aromatic nitrogens is 2. The van der Waals surface area contributed by atoms with Crippen LogP contribution in [0.4, 0.5) is 13.2 Å². The van der Waals surface area contributed by atoms with Gasteiger partial charge in [-0.3, -0.25) is 0 Å². The number of para-hydroxylation sites is 1. The van der Waals surface area contributed by atoms with Gasteiger partial charge in [0, 0.05) is 11.1 Å². The summed E-state index contributed by atoms with van der Waals surface area (Å²) < 4.78 is 46.3.